The summed E-state index contributed by atoms with van der Waals surface area (Å²) in [6.45, 7) is 0. The maximum Gasteiger partial charge on any atom is 0.354 e. The van der Waals surface area contributed by atoms with Gasteiger partial charge in [-0.1, -0.05) is 0 Å². The first kappa shape index (κ1) is 18.7. The number of nitrogens with zero attached hydrogens (tertiary/aromatic N) is 2. The number of thiazole rings is 1. The Kier molecular flexibility index (Phi) is 5.06. The average Bonchev–Trinajstić information content (AvgIpc) is 3.13. The second kappa shape index (κ2) is 7.29. The molecule has 0 amide bonds. The number of methoxy groups -OCH3 is 1. The average molecular weight is 409 g/mol. The van der Waals surface area contributed by atoms with Crippen LogP contribution in [0, 0.1) is 5.82 Å². The minimum atomic E-state index is -4.01. The Morgan fingerprint density at radius 2 is 1.93 bits per heavy atom. The van der Waals surface area contributed by atoms with Crippen molar-refractivity contribution in [2.75, 3.05) is 11.8 Å². The van der Waals surface area contributed by atoms with Gasteiger partial charge in [-0.25, -0.2) is 27.6 Å². The molecule has 2 aromatic heterocycles. The predicted octanol–water partition coefficient (Wildman–Crippen LogP) is 2.85. The maximum absolute atomic E-state index is 13.0. The highest BCUT2D eigenvalue weighted by molar-refractivity contribution is 7.94. The lowest BCUT2D eigenvalue weighted by atomic mass is 10.2. The number of sulfonamides is 1. The fourth-order valence-corrected chi connectivity index (χ4v) is 4.29. The number of nitrogens with one attached hydrogen (secondary N) is 1. The predicted molar refractivity (Wildman–Crippen MR) is 96.1 cm³/mol. The zero-order valence-corrected chi connectivity index (χ0v) is 15.3. The Morgan fingerprint density at radius 3 is 2.56 bits per heavy atom. The SMILES string of the molecule is COc1nc(C(=O)O)ccc1NS(=O)(=O)c1cnc(-c2ccc(F)cc2)s1. The molecule has 0 radical (unpaired) electrons. The number of carbonyl (C=O) groups is 1. The quantitative estimate of drug-likeness (QED) is 0.642. The normalized spacial score (nSPS) is 11.2. The van der Waals surface area contributed by atoms with Crippen LogP contribution in [-0.4, -0.2) is 36.6 Å². The third-order valence-electron chi connectivity index (χ3n) is 3.36. The van der Waals surface area contributed by atoms with E-state index in [1.165, 1.54) is 43.6 Å². The van der Waals surface area contributed by atoms with Crippen molar-refractivity contribution in [3.63, 3.8) is 0 Å². The number of anilines is 1. The zero-order chi connectivity index (χ0) is 19.6. The van der Waals surface area contributed by atoms with Crippen molar-refractivity contribution in [1.82, 2.24) is 9.97 Å². The third-order valence-corrected chi connectivity index (χ3v) is 6.23. The highest BCUT2D eigenvalue weighted by Crippen LogP contribution is 2.31. The first-order valence-corrected chi connectivity index (χ1v) is 9.63. The van der Waals surface area contributed by atoms with Gasteiger partial charge in [0.2, 0.25) is 5.88 Å². The molecule has 0 aliphatic carbocycles. The molecule has 3 aromatic rings. The number of hydrogen-bond donors (Lipinski definition) is 2. The molecule has 0 unspecified atom stereocenters. The van der Waals surface area contributed by atoms with Gasteiger partial charge in [-0.15, -0.1) is 11.3 Å². The number of pyridine rings is 1. The van der Waals surface area contributed by atoms with Gasteiger partial charge in [-0.05, 0) is 36.4 Å². The van der Waals surface area contributed by atoms with E-state index < -0.39 is 21.8 Å². The molecule has 0 fully saturated rings. The minimum absolute atomic E-state index is 0.0146. The summed E-state index contributed by atoms with van der Waals surface area (Å²) >= 11 is 0.900. The first-order valence-electron chi connectivity index (χ1n) is 7.33. The molecule has 2 N–H and O–H groups in total. The van der Waals surface area contributed by atoms with Crippen molar-refractivity contribution >= 4 is 33.0 Å². The molecular formula is C16H12FN3O5S2. The Labute approximate surface area is 157 Å². The van der Waals surface area contributed by atoms with Gasteiger partial charge < -0.3 is 9.84 Å². The fraction of sp³-hybridized carbons (Fsp3) is 0.0625. The number of halogens is 1. The van der Waals surface area contributed by atoms with Gasteiger partial charge in [0.25, 0.3) is 10.0 Å². The van der Waals surface area contributed by atoms with E-state index in [-0.39, 0.29) is 21.5 Å². The minimum Gasteiger partial charge on any atom is -0.479 e. The van der Waals surface area contributed by atoms with Gasteiger partial charge in [-0.2, -0.15) is 0 Å². The summed E-state index contributed by atoms with van der Waals surface area (Å²) in [5.74, 6) is -1.86. The molecule has 0 aliphatic rings. The third kappa shape index (κ3) is 4.04. The molecule has 0 spiro atoms. The molecule has 11 heteroatoms. The van der Waals surface area contributed by atoms with Gasteiger partial charge in [0.1, 0.15) is 16.5 Å². The van der Waals surface area contributed by atoms with Crippen LogP contribution >= 0.6 is 11.3 Å². The summed E-state index contributed by atoms with van der Waals surface area (Å²) in [7, 11) is -2.77. The second-order valence-electron chi connectivity index (χ2n) is 5.16. The van der Waals surface area contributed by atoms with E-state index in [0.717, 1.165) is 17.4 Å². The molecule has 0 saturated carbocycles. The molecule has 8 nitrogen and oxygen atoms in total. The van der Waals surface area contributed by atoms with Gasteiger partial charge in [-0.3, -0.25) is 4.72 Å². The Balaban J connectivity index is 1.89. The van der Waals surface area contributed by atoms with Gasteiger partial charge >= 0.3 is 5.97 Å². The highest BCUT2D eigenvalue weighted by atomic mass is 32.2. The zero-order valence-electron chi connectivity index (χ0n) is 13.7. The largest absolute Gasteiger partial charge is 0.479 e. The monoisotopic (exact) mass is 409 g/mol. The number of carboxylic acids is 1. The summed E-state index contributed by atoms with van der Waals surface area (Å²) in [6.07, 6.45) is 1.18. The van der Waals surface area contributed by atoms with Crippen LogP contribution in [0.25, 0.3) is 10.6 Å². The molecule has 0 bridgehead atoms. The van der Waals surface area contributed by atoms with Gasteiger partial charge in [0.15, 0.2) is 9.90 Å². The fourth-order valence-electron chi connectivity index (χ4n) is 2.10. The number of benzene rings is 1. The molecular weight excluding hydrogens is 397 g/mol. The molecule has 140 valence electrons. The first-order chi connectivity index (χ1) is 12.8. The Hall–Kier alpha value is -3.05. The number of ether oxygens (including phenoxy) is 1. The van der Waals surface area contributed by atoms with Crippen LogP contribution in [0.15, 0.2) is 46.8 Å². The topological polar surface area (TPSA) is 118 Å². The molecule has 27 heavy (non-hydrogen) atoms. The van der Waals surface area contributed by atoms with Crippen LogP contribution in [0.2, 0.25) is 0 Å². The lowest BCUT2D eigenvalue weighted by molar-refractivity contribution is 0.0689. The summed E-state index contributed by atoms with van der Waals surface area (Å²) in [5.41, 5.74) is 0.276. The van der Waals surface area contributed by atoms with Crippen molar-refractivity contribution in [2.45, 2.75) is 4.21 Å². The van der Waals surface area contributed by atoms with E-state index in [1.807, 2.05) is 0 Å². The smallest absolute Gasteiger partial charge is 0.354 e. The second-order valence-corrected chi connectivity index (χ2v) is 8.10. The molecule has 0 atom stereocenters. The van der Waals surface area contributed by atoms with Crippen LogP contribution in [0.4, 0.5) is 10.1 Å². The van der Waals surface area contributed by atoms with Crippen LogP contribution in [0.3, 0.4) is 0 Å². The summed E-state index contributed by atoms with van der Waals surface area (Å²) in [6, 6.07) is 7.90. The van der Waals surface area contributed by atoms with E-state index in [9.17, 15) is 17.6 Å². The van der Waals surface area contributed by atoms with E-state index >= 15 is 0 Å². The van der Waals surface area contributed by atoms with Crippen molar-refractivity contribution in [3.8, 4) is 16.5 Å². The van der Waals surface area contributed by atoms with Crippen LogP contribution < -0.4 is 9.46 Å². The summed E-state index contributed by atoms with van der Waals surface area (Å²) in [4.78, 5) is 18.7. The number of aromatic carboxylic acids is 1. The van der Waals surface area contributed by atoms with Crippen molar-refractivity contribution < 1.29 is 27.4 Å². The number of rotatable bonds is 6. The molecule has 1 aromatic carbocycles. The summed E-state index contributed by atoms with van der Waals surface area (Å²) < 4.78 is 45.4. The van der Waals surface area contributed by atoms with Crippen LogP contribution in [0.1, 0.15) is 10.5 Å². The van der Waals surface area contributed by atoms with E-state index in [1.54, 1.807) is 0 Å². The number of carboxylic acid groups (broad SMARTS) is 1. The van der Waals surface area contributed by atoms with Crippen LogP contribution in [-0.2, 0) is 10.0 Å². The lowest BCUT2D eigenvalue weighted by Crippen LogP contribution is -2.13. The number of hydrogen-bond acceptors (Lipinski definition) is 7. The molecule has 0 aliphatic heterocycles. The van der Waals surface area contributed by atoms with E-state index in [2.05, 4.69) is 14.7 Å². The van der Waals surface area contributed by atoms with Crippen molar-refractivity contribution in [2.24, 2.45) is 0 Å². The van der Waals surface area contributed by atoms with Crippen molar-refractivity contribution in [1.29, 1.82) is 0 Å². The van der Waals surface area contributed by atoms with Crippen molar-refractivity contribution in [3.05, 3.63) is 54.1 Å². The summed E-state index contributed by atoms with van der Waals surface area (Å²) in [5, 5.41) is 9.35. The standard InChI is InChI=1S/C16H12FN3O5S2/c1-25-14-11(6-7-12(19-14)16(21)22)20-27(23,24)13-8-18-15(26-13)9-2-4-10(17)5-3-9/h2-8,20H,1H3,(H,21,22). The molecule has 3 rings (SSSR count). The lowest BCUT2D eigenvalue weighted by Gasteiger charge is -2.10. The van der Waals surface area contributed by atoms with Crippen LogP contribution in [0.5, 0.6) is 5.88 Å². The molecule has 0 saturated heterocycles. The van der Waals surface area contributed by atoms with E-state index in [4.69, 9.17) is 9.84 Å². The Bertz CT molecular complexity index is 1100. The van der Waals surface area contributed by atoms with E-state index in [0.29, 0.717) is 10.6 Å². The van der Waals surface area contributed by atoms with Gasteiger partial charge in [0, 0.05) is 5.56 Å². The number of aromatic nitrogens is 2. The highest BCUT2D eigenvalue weighted by Gasteiger charge is 2.21. The Morgan fingerprint density at radius 1 is 1.22 bits per heavy atom. The molecule has 2 heterocycles. The maximum atomic E-state index is 13.0. The van der Waals surface area contributed by atoms with Gasteiger partial charge in [0.05, 0.1) is 13.3 Å².